The van der Waals surface area contributed by atoms with Crippen LogP contribution in [0.15, 0.2) is 18.2 Å². The van der Waals surface area contributed by atoms with Crippen LogP contribution in [0.3, 0.4) is 0 Å². The van der Waals surface area contributed by atoms with E-state index in [2.05, 4.69) is 5.32 Å². The minimum Gasteiger partial charge on any atom is -0.497 e. The summed E-state index contributed by atoms with van der Waals surface area (Å²) in [6.45, 7) is 0.580. The van der Waals surface area contributed by atoms with Crippen LogP contribution in [0.1, 0.15) is 29.6 Å². The molecule has 2 atom stereocenters. The monoisotopic (exact) mass is 279 g/mol. The number of hydrogen-bond acceptors (Lipinski definition) is 4. The van der Waals surface area contributed by atoms with Crippen molar-refractivity contribution in [3.8, 4) is 11.5 Å². The quantitative estimate of drug-likeness (QED) is 0.859. The summed E-state index contributed by atoms with van der Waals surface area (Å²) in [4.78, 5) is 12.2. The highest BCUT2D eigenvalue weighted by atomic mass is 16.5. The maximum Gasteiger partial charge on any atom is 0.255 e. The largest absolute Gasteiger partial charge is 0.497 e. The number of benzene rings is 1. The lowest BCUT2D eigenvalue weighted by Gasteiger charge is -2.13. The van der Waals surface area contributed by atoms with Gasteiger partial charge in [0, 0.05) is 6.54 Å². The molecule has 0 heterocycles. The molecule has 0 radical (unpaired) electrons. The molecule has 0 saturated heterocycles. The SMILES string of the molecule is COc1ccc(OC)c(C(=O)NCC2CCC(O)C2)c1. The first-order valence-electron chi connectivity index (χ1n) is 6.82. The standard InChI is InChI=1S/C15H21NO4/c1-19-12-5-6-14(20-2)13(8-12)15(18)16-9-10-3-4-11(17)7-10/h5-6,8,10-11,17H,3-4,7,9H2,1-2H3,(H,16,18). The van der Waals surface area contributed by atoms with Crippen LogP contribution >= 0.6 is 0 Å². The average Bonchev–Trinajstić information content (AvgIpc) is 2.89. The van der Waals surface area contributed by atoms with E-state index in [1.165, 1.54) is 7.11 Å². The zero-order valence-corrected chi connectivity index (χ0v) is 11.9. The molecule has 1 aromatic rings. The summed E-state index contributed by atoms with van der Waals surface area (Å²) in [5.41, 5.74) is 0.463. The summed E-state index contributed by atoms with van der Waals surface area (Å²) in [7, 11) is 3.09. The summed E-state index contributed by atoms with van der Waals surface area (Å²) in [6.07, 6.45) is 2.32. The van der Waals surface area contributed by atoms with Crippen molar-refractivity contribution in [2.24, 2.45) is 5.92 Å². The molecular formula is C15H21NO4. The molecule has 5 heteroatoms. The van der Waals surface area contributed by atoms with Gasteiger partial charge in [0.25, 0.3) is 5.91 Å². The molecule has 2 unspecified atom stereocenters. The normalized spacial score (nSPS) is 21.6. The maximum atomic E-state index is 12.2. The molecule has 2 rings (SSSR count). The van der Waals surface area contributed by atoms with Crippen LogP contribution in [-0.2, 0) is 0 Å². The number of amides is 1. The predicted octanol–water partition coefficient (Wildman–Crippen LogP) is 1.59. The fraction of sp³-hybridized carbons (Fsp3) is 0.533. The lowest BCUT2D eigenvalue weighted by atomic mass is 10.1. The first-order chi connectivity index (χ1) is 9.63. The second-order valence-electron chi connectivity index (χ2n) is 5.11. The molecule has 1 aliphatic carbocycles. The molecule has 110 valence electrons. The van der Waals surface area contributed by atoms with Crippen molar-refractivity contribution in [1.29, 1.82) is 0 Å². The molecule has 0 bridgehead atoms. The summed E-state index contributed by atoms with van der Waals surface area (Å²) in [6, 6.07) is 5.13. The molecule has 1 amide bonds. The van der Waals surface area contributed by atoms with Gasteiger partial charge >= 0.3 is 0 Å². The molecule has 0 aliphatic heterocycles. The van der Waals surface area contributed by atoms with Gasteiger partial charge in [-0.1, -0.05) is 0 Å². The van der Waals surface area contributed by atoms with Gasteiger partial charge in [0.05, 0.1) is 25.9 Å². The van der Waals surface area contributed by atoms with Gasteiger partial charge in [-0.2, -0.15) is 0 Å². The van der Waals surface area contributed by atoms with Gasteiger partial charge in [-0.3, -0.25) is 4.79 Å². The molecule has 20 heavy (non-hydrogen) atoms. The lowest BCUT2D eigenvalue weighted by Crippen LogP contribution is -2.29. The topological polar surface area (TPSA) is 67.8 Å². The number of ether oxygens (including phenoxy) is 2. The van der Waals surface area contributed by atoms with E-state index in [1.54, 1.807) is 25.3 Å². The predicted molar refractivity (Wildman–Crippen MR) is 75.2 cm³/mol. The Hall–Kier alpha value is -1.75. The number of carbonyl (C=O) groups excluding carboxylic acids is 1. The van der Waals surface area contributed by atoms with E-state index in [9.17, 15) is 9.90 Å². The van der Waals surface area contributed by atoms with E-state index in [-0.39, 0.29) is 12.0 Å². The Morgan fingerprint density at radius 3 is 2.75 bits per heavy atom. The fourth-order valence-electron chi connectivity index (χ4n) is 2.56. The van der Waals surface area contributed by atoms with Crippen LogP contribution in [0.2, 0.25) is 0 Å². The van der Waals surface area contributed by atoms with Gasteiger partial charge in [-0.15, -0.1) is 0 Å². The second-order valence-corrected chi connectivity index (χ2v) is 5.11. The lowest BCUT2D eigenvalue weighted by molar-refractivity contribution is 0.0941. The molecule has 1 aromatic carbocycles. The highest BCUT2D eigenvalue weighted by Crippen LogP contribution is 2.26. The zero-order chi connectivity index (χ0) is 14.5. The summed E-state index contributed by atoms with van der Waals surface area (Å²) in [5, 5.41) is 12.4. The van der Waals surface area contributed by atoms with E-state index < -0.39 is 0 Å². The number of aliphatic hydroxyl groups excluding tert-OH is 1. The Balaban J connectivity index is 2.00. The molecule has 5 nitrogen and oxygen atoms in total. The van der Waals surface area contributed by atoms with Gasteiger partial charge < -0.3 is 19.9 Å². The van der Waals surface area contributed by atoms with Crippen LogP contribution in [-0.4, -0.2) is 37.9 Å². The third kappa shape index (κ3) is 3.42. The zero-order valence-electron chi connectivity index (χ0n) is 11.9. The van der Waals surface area contributed by atoms with Gasteiger partial charge in [0.15, 0.2) is 0 Å². The van der Waals surface area contributed by atoms with Crippen molar-refractivity contribution in [3.63, 3.8) is 0 Å². The summed E-state index contributed by atoms with van der Waals surface area (Å²) >= 11 is 0. The van der Waals surface area contributed by atoms with Gasteiger partial charge in [-0.05, 0) is 43.4 Å². The molecular weight excluding hydrogens is 258 g/mol. The third-order valence-electron chi connectivity index (χ3n) is 3.72. The van der Waals surface area contributed by atoms with Crippen molar-refractivity contribution < 1.29 is 19.4 Å². The van der Waals surface area contributed by atoms with Crippen molar-refractivity contribution in [2.75, 3.05) is 20.8 Å². The van der Waals surface area contributed by atoms with E-state index in [4.69, 9.17) is 9.47 Å². The number of aliphatic hydroxyl groups is 1. The fourth-order valence-corrected chi connectivity index (χ4v) is 2.56. The maximum absolute atomic E-state index is 12.2. The van der Waals surface area contributed by atoms with E-state index >= 15 is 0 Å². The third-order valence-corrected chi connectivity index (χ3v) is 3.72. The molecule has 1 fully saturated rings. The van der Waals surface area contributed by atoms with Crippen molar-refractivity contribution in [1.82, 2.24) is 5.32 Å². The number of methoxy groups -OCH3 is 2. The van der Waals surface area contributed by atoms with E-state index in [0.29, 0.717) is 29.5 Å². The molecule has 0 spiro atoms. The van der Waals surface area contributed by atoms with E-state index in [0.717, 1.165) is 19.3 Å². The molecule has 2 N–H and O–H groups in total. The van der Waals surface area contributed by atoms with Crippen molar-refractivity contribution in [2.45, 2.75) is 25.4 Å². The first kappa shape index (κ1) is 14.7. The second kappa shape index (κ2) is 6.61. The number of carbonyl (C=O) groups is 1. The van der Waals surface area contributed by atoms with Crippen LogP contribution in [0.5, 0.6) is 11.5 Å². The summed E-state index contributed by atoms with van der Waals surface area (Å²) < 4.78 is 10.3. The van der Waals surface area contributed by atoms with E-state index in [1.807, 2.05) is 0 Å². The highest BCUT2D eigenvalue weighted by molar-refractivity contribution is 5.97. The first-order valence-corrected chi connectivity index (χ1v) is 6.82. The van der Waals surface area contributed by atoms with Gasteiger partial charge in [-0.25, -0.2) is 0 Å². The average molecular weight is 279 g/mol. The minimum atomic E-state index is -0.219. The van der Waals surface area contributed by atoms with Crippen LogP contribution < -0.4 is 14.8 Å². The van der Waals surface area contributed by atoms with Crippen LogP contribution in [0.4, 0.5) is 0 Å². The van der Waals surface area contributed by atoms with Crippen molar-refractivity contribution in [3.05, 3.63) is 23.8 Å². The van der Waals surface area contributed by atoms with Crippen LogP contribution in [0, 0.1) is 5.92 Å². The Kier molecular flexibility index (Phi) is 4.84. The Labute approximate surface area is 118 Å². The van der Waals surface area contributed by atoms with Crippen molar-refractivity contribution >= 4 is 5.91 Å². The highest BCUT2D eigenvalue weighted by Gasteiger charge is 2.23. The Bertz CT molecular complexity index is 475. The number of hydrogen-bond donors (Lipinski definition) is 2. The molecule has 1 saturated carbocycles. The number of nitrogens with one attached hydrogen (secondary N) is 1. The molecule has 1 aliphatic rings. The smallest absolute Gasteiger partial charge is 0.255 e. The minimum absolute atomic E-state index is 0.179. The van der Waals surface area contributed by atoms with Gasteiger partial charge in [0.2, 0.25) is 0 Å². The Morgan fingerprint density at radius 1 is 1.35 bits per heavy atom. The van der Waals surface area contributed by atoms with Crippen LogP contribution in [0.25, 0.3) is 0 Å². The molecule has 0 aromatic heterocycles. The summed E-state index contributed by atoms with van der Waals surface area (Å²) in [5.74, 6) is 1.31. The van der Waals surface area contributed by atoms with Gasteiger partial charge in [0.1, 0.15) is 11.5 Å². The Morgan fingerprint density at radius 2 is 2.15 bits per heavy atom. The number of rotatable bonds is 5.